The van der Waals surface area contributed by atoms with Crippen molar-refractivity contribution in [3.05, 3.63) is 18.3 Å². The molecule has 0 spiro atoms. The van der Waals surface area contributed by atoms with Crippen LogP contribution in [0.3, 0.4) is 0 Å². The van der Waals surface area contributed by atoms with E-state index in [-0.39, 0.29) is 17.3 Å². The van der Waals surface area contributed by atoms with Crippen LogP contribution >= 0.6 is 0 Å². The Morgan fingerprint density at radius 2 is 2.19 bits per heavy atom. The van der Waals surface area contributed by atoms with Gasteiger partial charge in [-0.1, -0.05) is 20.8 Å². The number of nitrogens with zero attached hydrogens (tertiary/aromatic N) is 2. The summed E-state index contributed by atoms with van der Waals surface area (Å²) in [4.78, 5) is 17.8. The summed E-state index contributed by atoms with van der Waals surface area (Å²) in [5.41, 5.74) is 6.27. The zero-order valence-corrected chi connectivity index (χ0v) is 13.1. The molecule has 3 N–H and O–H groups in total. The average Bonchev–Trinajstić information content (AvgIpc) is 2.90. The molecular weight excluding hydrogens is 268 g/mol. The van der Waals surface area contributed by atoms with E-state index < -0.39 is 6.09 Å². The molecule has 0 aromatic carbocycles. The van der Waals surface area contributed by atoms with Crippen molar-refractivity contribution in [2.45, 2.75) is 39.3 Å². The number of nitrogens with one attached hydrogen (secondary N) is 1. The first-order chi connectivity index (χ1) is 9.77. The van der Waals surface area contributed by atoms with Gasteiger partial charge in [0, 0.05) is 31.7 Å². The molecule has 1 saturated heterocycles. The van der Waals surface area contributed by atoms with Gasteiger partial charge in [0.25, 0.3) is 0 Å². The fourth-order valence-electron chi connectivity index (χ4n) is 2.43. The van der Waals surface area contributed by atoms with Crippen molar-refractivity contribution >= 4 is 11.8 Å². The molecule has 2 rings (SSSR count). The second-order valence-corrected chi connectivity index (χ2v) is 6.63. The lowest BCUT2D eigenvalue weighted by molar-refractivity contribution is 0.145. The van der Waals surface area contributed by atoms with E-state index in [1.807, 2.05) is 0 Å². The summed E-state index contributed by atoms with van der Waals surface area (Å²) in [7, 11) is 1.76. The van der Waals surface area contributed by atoms with Crippen LogP contribution in [0.5, 0.6) is 5.88 Å². The number of carbonyl (C=O) groups excluding carboxylic acids is 1. The Bertz CT molecular complexity index is 495. The van der Waals surface area contributed by atoms with Crippen LogP contribution in [0.4, 0.5) is 10.5 Å². The van der Waals surface area contributed by atoms with Gasteiger partial charge in [0.2, 0.25) is 5.88 Å². The summed E-state index contributed by atoms with van der Waals surface area (Å²) >= 11 is 0. The van der Waals surface area contributed by atoms with Gasteiger partial charge < -0.3 is 20.7 Å². The van der Waals surface area contributed by atoms with Crippen LogP contribution < -0.4 is 15.8 Å². The summed E-state index contributed by atoms with van der Waals surface area (Å²) in [5.74, 6) is 0.263. The number of likely N-dealkylation sites (N-methyl/N-ethyl adjacent to an activating group) is 1. The maximum atomic E-state index is 12.1. The van der Waals surface area contributed by atoms with Crippen molar-refractivity contribution in [1.29, 1.82) is 0 Å². The number of nitrogen functional groups attached to an aromatic ring is 1. The SMILES string of the molecule is CN(C(=O)Oc1ccc(N)cn1)C1CNC(C(C)(C)C)C1. The Morgan fingerprint density at radius 1 is 1.48 bits per heavy atom. The van der Waals surface area contributed by atoms with E-state index in [1.54, 1.807) is 24.1 Å². The molecule has 6 nitrogen and oxygen atoms in total. The number of ether oxygens (including phenoxy) is 1. The van der Waals surface area contributed by atoms with E-state index >= 15 is 0 Å². The Balaban J connectivity index is 1.93. The van der Waals surface area contributed by atoms with E-state index in [9.17, 15) is 4.79 Å². The average molecular weight is 292 g/mol. The van der Waals surface area contributed by atoms with Crippen LogP contribution in [0.1, 0.15) is 27.2 Å². The van der Waals surface area contributed by atoms with Gasteiger partial charge in [-0.2, -0.15) is 0 Å². The number of rotatable bonds is 2. The molecule has 2 atom stereocenters. The number of nitrogens with two attached hydrogens (primary N) is 1. The van der Waals surface area contributed by atoms with Gasteiger partial charge in [0.1, 0.15) is 0 Å². The van der Waals surface area contributed by atoms with Crippen LogP contribution in [0, 0.1) is 5.41 Å². The molecule has 21 heavy (non-hydrogen) atoms. The molecule has 2 unspecified atom stereocenters. The molecule has 1 fully saturated rings. The number of hydrogen-bond acceptors (Lipinski definition) is 5. The van der Waals surface area contributed by atoms with E-state index in [2.05, 4.69) is 31.1 Å². The lowest BCUT2D eigenvalue weighted by Crippen LogP contribution is -2.40. The first-order valence-electron chi connectivity index (χ1n) is 7.17. The molecule has 1 aromatic rings. The standard InChI is InChI=1S/C15H24N4O2/c1-15(2,3)12-7-11(9-17-12)19(4)14(20)21-13-6-5-10(16)8-18-13/h5-6,8,11-12,17H,7,9,16H2,1-4H3. The molecule has 1 aliphatic heterocycles. The molecule has 0 bridgehead atoms. The predicted octanol–water partition coefficient (Wildman–Crippen LogP) is 1.87. The number of amides is 1. The molecule has 0 saturated carbocycles. The number of carbonyl (C=O) groups is 1. The van der Waals surface area contributed by atoms with Crippen molar-refractivity contribution in [3.8, 4) is 5.88 Å². The molecular formula is C15H24N4O2. The summed E-state index contributed by atoms with van der Waals surface area (Å²) in [5, 5.41) is 3.47. The van der Waals surface area contributed by atoms with E-state index in [0.29, 0.717) is 11.7 Å². The fourth-order valence-corrected chi connectivity index (χ4v) is 2.43. The molecule has 6 heteroatoms. The summed E-state index contributed by atoms with van der Waals surface area (Å²) in [6, 6.07) is 3.77. The molecule has 0 aliphatic carbocycles. The normalized spacial score (nSPS) is 22.1. The van der Waals surface area contributed by atoms with Crippen molar-refractivity contribution < 1.29 is 9.53 Å². The minimum absolute atomic E-state index is 0.135. The van der Waals surface area contributed by atoms with Crippen molar-refractivity contribution in [1.82, 2.24) is 15.2 Å². The van der Waals surface area contributed by atoms with Crippen LogP contribution in [0.15, 0.2) is 18.3 Å². The first kappa shape index (κ1) is 15.6. The number of aromatic nitrogens is 1. The third-order valence-electron chi connectivity index (χ3n) is 3.94. The summed E-state index contributed by atoms with van der Waals surface area (Å²) in [6.07, 6.45) is 1.99. The third-order valence-corrected chi connectivity index (χ3v) is 3.94. The topological polar surface area (TPSA) is 80.5 Å². The molecule has 1 amide bonds. The van der Waals surface area contributed by atoms with Gasteiger partial charge in [-0.15, -0.1) is 0 Å². The van der Waals surface area contributed by atoms with Crippen LogP contribution in [0.2, 0.25) is 0 Å². The lowest BCUT2D eigenvalue weighted by atomic mass is 9.85. The number of hydrogen-bond donors (Lipinski definition) is 2. The van der Waals surface area contributed by atoms with Crippen molar-refractivity contribution in [3.63, 3.8) is 0 Å². The third kappa shape index (κ3) is 3.85. The van der Waals surface area contributed by atoms with Gasteiger partial charge in [-0.05, 0) is 17.9 Å². The highest BCUT2D eigenvalue weighted by atomic mass is 16.6. The van der Waals surface area contributed by atoms with E-state index in [1.165, 1.54) is 6.20 Å². The van der Waals surface area contributed by atoms with Gasteiger partial charge in [0.05, 0.1) is 11.9 Å². The highest BCUT2D eigenvalue weighted by Gasteiger charge is 2.36. The Hall–Kier alpha value is -1.82. The molecule has 0 radical (unpaired) electrons. The molecule has 2 heterocycles. The monoisotopic (exact) mass is 292 g/mol. The van der Waals surface area contributed by atoms with Crippen molar-refractivity contribution in [2.24, 2.45) is 5.41 Å². The second-order valence-electron chi connectivity index (χ2n) is 6.63. The zero-order valence-electron chi connectivity index (χ0n) is 13.1. The lowest BCUT2D eigenvalue weighted by Gasteiger charge is -2.28. The van der Waals surface area contributed by atoms with Gasteiger partial charge in [-0.3, -0.25) is 0 Å². The molecule has 1 aliphatic rings. The quantitative estimate of drug-likeness (QED) is 0.870. The predicted molar refractivity (Wildman–Crippen MR) is 82.1 cm³/mol. The minimum atomic E-state index is -0.395. The molecule has 116 valence electrons. The number of anilines is 1. The fraction of sp³-hybridized carbons (Fsp3) is 0.600. The zero-order chi connectivity index (χ0) is 15.6. The summed E-state index contributed by atoms with van der Waals surface area (Å²) < 4.78 is 5.26. The smallest absolute Gasteiger partial charge is 0.397 e. The first-order valence-corrected chi connectivity index (χ1v) is 7.17. The van der Waals surface area contributed by atoms with Gasteiger partial charge in [0.15, 0.2) is 0 Å². The summed E-state index contributed by atoms with van der Waals surface area (Å²) in [6.45, 7) is 7.37. The maximum Gasteiger partial charge on any atom is 0.416 e. The van der Waals surface area contributed by atoms with E-state index in [4.69, 9.17) is 10.5 Å². The Morgan fingerprint density at radius 3 is 2.71 bits per heavy atom. The van der Waals surface area contributed by atoms with Crippen LogP contribution in [-0.4, -0.2) is 41.7 Å². The molecule has 1 aromatic heterocycles. The minimum Gasteiger partial charge on any atom is -0.397 e. The maximum absolute atomic E-state index is 12.1. The van der Waals surface area contributed by atoms with Gasteiger partial charge in [-0.25, -0.2) is 9.78 Å². The Kier molecular flexibility index (Phi) is 4.37. The number of pyridine rings is 1. The van der Waals surface area contributed by atoms with E-state index in [0.717, 1.165) is 13.0 Å². The van der Waals surface area contributed by atoms with Crippen LogP contribution in [-0.2, 0) is 0 Å². The highest BCUT2D eigenvalue weighted by Crippen LogP contribution is 2.28. The van der Waals surface area contributed by atoms with Crippen molar-refractivity contribution in [2.75, 3.05) is 19.3 Å². The Labute approximate surface area is 125 Å². The highest BCUT2D eigenvalue weighted by molar-refractivity contribution is 5.70. The largest absolute Gasteiger partial charge is 0.416 e. The second kappa shape index (κ2) is 5.89. The van der Waals surface area contributed by atoms with Gasteiger partial charge >= 0.3 is 6.09 Å². The van der Waals surface area contributed by atoms with Crippen LogP contribution in [0.25, 0.3) is 0 Å².